The van der Waals surface area contributed by atoms with Gasteiger partial charge in [0.15, 0.2) is 5.69 Å². The van der Waals surface area contributed by atoms with Crippen molar-refractivity contribution in [2.24, 2.45) is 21.6 Å². The molecule has 3 unspecified atom stereocenters. The number of likely N-dealkylation sites (N-methyl/N-ethyl adjacent to an activating group) is 1. The van der Waals surface area contributed by atoms with Crippen molar-refractivity contribution in [2.45, 2.75) is 65.5 Å². The Balaban J connectivity index is 1.37. The zero-order chi connectivity index (χ0) is 32.4. The molecule has 0 spiro atoms. The van der Waals surface area contributed by atoms with Crippen LogP contribution in [-0.2, 0) is 17.7 Å². The summed E-state index contributed by atoms with van der Waals surface area (Å²) in [4.78, 5) is 38.0. The van der Waals surface area contributed by atoms with Crippen molar-refractivity contribution in [2.75, 3.05) is 45.2 Å². The van der Waals surface area contributed by atoms with E-state index in [1.54, 1.807) is 6.07 Å². The van der Waals surface area contributed by atoms with E-state index < -0.39 is 5.97 Å². The molecule has 9 nitrogen and oxygen atoms in total. The van der Waals surface area contributed by atoms with Gasteiger partial charge in [-0.05, 0) is 75.4 Å². The first-order valence-electron chi connectivity index (χ1n) is 16.0. The summed E-state index contributed by atoms with van der Waals surface area (Å²) >= 11 is 0. The van der Waals surface area contributed by atoms with Gasteiger partial charge in [-0.2, -0.15) is 0 Å². The number of benzene rings is 1. The fourth-order valence-electron chi connectivity index (χ4n) is 7.81. The van der Waals surface area contributed by atoms with Gasteiger partial charge in [-0.25, -0.2) is 9.78 Å². The Morgan fingerprint density at radius 2 is 2.09 bits per heavy atom. The fourth-order valence-corrected chi connectivity index (χ4v) is 7.81. The molecule has 45 heavy (non-hydrogen) atoms. The van der Waals surface area contributed by atoms with Crippen molar-refractivity contribution in [3.63, 3.8) is 0 Å². The second kappa shape index (κ2) is 13.3. The summed E-state index contributed by atoms with van der Waals surface area (Å²) in [6.45, 7) is 9.83. The van der Waals surface area contributed by atoms with E-state index in [1.165, 1.54) is 11.8 Å². The number of carboxylic acid groups (broad SMARTS) is 1. The minimum absolute atomic E-state index is 0.0453. The van der Waals surface area contributed by atoms with Gasteiger partial charge in [-0.1, -0.05) is 50.1 Å². The second-order valence-electron chi connectivity index (χ2n) is 13.4. The molecular weight excluding hydrogens is 566 g/mol. The quantitative estimate of drug-likeness (QED) is 0.175. The Morgan fingerprint density at radius 3 is 2.78 bits per heavy atom. The second-order valence-corrected chi connectivity index (χ2v) is 13.4. The van der Waals surface area contributed by atoms with Gasteiger partial charge in [0, 0.05) is 60.2 Å². The molecule has 1 saturated carbocycles. The van der Waals surface area contributed by atoms with Crippen molar-refractivity contribution < 1.29 is 19.4 Å². The van der Waals surface area contributed by atoms with E-state index in [0.717, 1.165) is 56.1 Å². The highest BCUT2D eigenvalue weighted by molar-refractivity contribution is 6.24. The molecule has 1 aliphatic heterocycles. The van der Waals surface area contributed by atoms with E-state index >= 15 is 0 Å². The Kier molecular flexibility index (Phi) is 9.60. The number of pyridine rings is 1. The molecule has 1 aromatic carbocycles. The zero-order valence-electron chi connectivity index (χ0n) is 27.3. The molecule has 0 radical (unpaired) electrons. The zero-order valence-corrected chi connectivity index (χ0v) is 27.3. The van der Waals surface area contributed by atoms with Gasteiger partial charge in [0.05, 0.1) is 12.7 Å². The number of aldehydes is 1. The van der Waals surface area contributed by atoms with E-state index in [4.69, 9.17) is 15.5 Å². The Labute approximate surface area is 266 Å². The number of hydrogen-bond donors (Lipinski definition) is 2. The van der Waals surface area contributed by atoms with Crippen LogP contribution < -0.4 is 10.6 Å². The lowest BCUT2D eigenvalue weighted by atomic mass is 9.49. The summed E-state index contributed by atoms with van der Waals surface area (Å²) in [5.74, 6) is -0.574. The van der Waals surface area contributed by atoms with Crippen LogP contribution in [0.1, 0.15) is 84.0 Å². The summed E-state index contributed by atoms with van der Waals surface area (Å²) in [7, 11) is 4.10. The molecule has 1 fully saturated rings. The number of aliphatic imine (C=N–C) groups is 1. The van der Waals surface area contributed by atoms with Crippen molar-refractivity contribution in [3.05, 3.63) is 76.1 Å². The number of aromatic nitrogens is 1. The first-order chi connectivity index (χ1) is 21.5. The summed E-state index contributed by atoms with van der Waals surface area (Å²) in [5, 5.41) is 10.2. The normalized spacial score (nSPS) is 24.6. The predicted octanol–water partition coefficient (Wildman–Crippen LogP) is 5.39. The number of carbonyl (C=O) groups is 2. The van der Waals surface area contributed by atoms with Crippen molar-refractivity contribution in [1.29, 1.82) is 0 Å². The molecule has 240 valence electrons. The smallest absolute Gasteiger partial charge is 0.355 e. The van der Waals surface area contributed by atoms with E-state index in [9.17, 15) is 14.7 Å². The van der Waals surface area contributed by atoms with Crippen LogP contribution in [0, 0.1) is 10.8 Å². The summed E-state index contributed by atoms with van der Waals surface area (Å²) < 4.78 is 6.28. The van der Waals surface area contributed by atoms with Gasteiger partial charge in [0.1, 0.15) is 12.1 Å². The Hall–Kier alpha value is -3.82. The highest BCUT2D eigenvalue weighted by Crippen LogP contribution is 2.66. The van der Waals surface area contributed by atoms with E-state index in [1.807, 2.05) is 36.1 Å². The Morgan fingerprint density at radius 1 is 1.29 bits per heavy atom. The largest absolute Gasteiger partial charge is 0.476 e. The number of nitrogens with two attached hydrogens (primary N) is 1. The summed E-state index contributed by atoms with van der Waals surface area (Å²) in [5.41, 5.74) is 12.1. The van der Waals surface area contributed by atoms with Gasteiger partial charge in [0.2, 0.25) is 0 Å². The van der Waals surface area contributed by atoms with Gasteiger partial charge < -0.3 is 25.4 Å². The minimum atomic E-state index is -1.13. The number of anilines is 1. The van der Waals surface area contributed by atoms with Crippen LogP contribution in [0.3, 0.4) is 0 Å². The molecule has 3 N–H and O–H groups in total. The van der Waals surface area contributed by atoms with Gasteiger partial charge in [-0.15, -0.1) is 0 Å². The number of fused-ring (bicyclic) bond motifs is 2. The maximum absolute atomic E-state index is 12.5. The molecule has 5 rings (SSSR count). The van der Waals surface area contributed by atoms with Crippen LogP contribution in [0.4, 0.5) is 5.82 Å². The minimum Gasteiger partial charge on any atom is -0.476 e. The number of aromatic carboxylic acids is 1. The third-order valence-corrected chi connectivity index (χ3v) is 9.88. The molecule has 2 aromatic rings. The third-order valence-electron chi connectivity index (χ3n) is 9.88. The molecule has 1 aromatic heterocycles. The van der Waals surface area contributed by atoms with Crippen molar-refractivity contribution in [3.8, 4) is 0 Å². The molecule has 3 aliphatic rings. The van der Waals surface area contributed by atoms with Crippen LogP contribution in [0.2, 0.25) is 0 Å². The maximum atomic E-state index is 12.5. The van der Waals surface area contributed by atoms with E-state index in [2.05, 4.69) is 43.9 Å². The predicted molar refractivity (Wildman–Crippen MR) is 179 cm³/mol. The van der Waals surface area contributed by atoms with Crippen molar-refractivity contribution in [1.82, 2.24) is 9.88 Å². The third kappa shape index (κ3) is 6.47. The highest BCUT2D eigenvalue weighted by atomic mass is 16.5. The molecule has 0 saturated heterocycles. The molecular formula is C36H47N5O4. The van der Waals surface area contributed by atoms with Crippen LogP contribution in [0.15, 0.2) is 53.2 Å². The SMILES string of the molecule is CCCC1(C)CC2(CN=C(C)C(=CN)c3ccc(N4CCc5cccc(C=O)c5C4)nc3C(=O)O)CC(OCCN(C)C)C=C12. The lowest BCUT2D eigenvalue weighted by Crippen LogP contribution is -2.48. The average Bonchev–Trinajstić information content (AvgIpc) is 3.33. The van der Waals surface area contributed by atoms with E-state index in [-0.39, 0.29) is 22.6 Å². The number of hydrogen-bond acceptors (Lipinski definition) is 8. The van der Waals surface area contributed by atoms with Gasteiger partial charge in [0.25, 0.3) is 0 Å². The lowest BCUT2D eigenvalue weighted by molar-refractivity contribution is 0.0258. The number of allylic oxidation sites excluding steroid dienone is 1. The number of nitrogens with zero attached hydrogens (tertiary/aromatic N) is 4. The first kappa shape index (κ1) is 32.6. The monoisotopic (exact) mass is 613 g/mol. The lowest BCUT2D eigenvalue weighted by Gasteiger charge is -2.55. The van der Waals surface area contributed by atoms with Gasteiger partial charge in [-0.3, -0.25) is 9.79 Å². The molecule has 0 amide bonds. The maximum Gasteiger partial charge on any atom is 0.355 e. The number of carbonyl (C=O) groups excluding carboxylic acids is 1. The molecule has 3 atom stereocenters. The molecule has 2 aliphatic carbocycles. The van der Waals surface area contributed by atoms with Gasteiger partial charge >= 0.3 is 5.97 Å². The van der Waals surface area contributed by atoms with E-state index in [0.29, 0.717) is 54.5 Å². The van der Waals surface area contributed by atoms with Crippen LogP contribution in [0.5, 0.6) is 0 Å². The van der Waals surface area contributed by atoms with Crippen molar-refractivity contribution >= 4 is 29.4 Å². The standard InChI is InChI=1S/C36H47N5O4/c1-6-13-35(3)22-36(18-27(17-31(35)36)45-16-15-40(4)5)23-38-24(2)29(19-37)28-10-11-32(39-33(28)34(43)44)41-14-12-25-8-7-9-26(21-42)30(25)20-41/h7-11,17,19,21,27H,6,12-16,18,20,22-23,37H2,1-5H3,(H,43,44). The fraction of sp³-hybridized carbons (Fsp3) is 0.500. The van der Waals surface area contributed by atoms with Crippen LogP contribution in [0.25, 0.3) is 5.57 Å². The number of carboxylic acids is 1. The number of ether oxygens (including phenoxy) is 1. The molecule has 2 heterocycles. The summed E-state index contributed by atoms with van der Waals surface area (Å²) in [6, 6.07) is 9.36. The Bertz CT molecular complexity index is 1550. The van der Waals surface area contributed by atoms with Crippen LogP contribution in [-0.4, -0.2) is 79.4 Å². The molecule has 0 bridgehead atoms. The topological polar surface area (TPSA) is 121 Å². The average molecular weight is 614 g/mol. The molecule has 9 heteroatoms. The highest BCUT2D eigenvalue weighted by Gasteiger charge is 2.59. The van der Waals surface area contributed by atoms with Crippen LogP contribution >= 0.6 is 0 Å². The summed E-state index contributed by atoms with van der Waals surface area (Å²) in [6.07, 6.45) is 9.73. The number of rotatable bonds is 13. The first-order valence-corrected chi connectivity index (χ1v) is 16.0.